The molecule has 0 radical (unpaired) electrons. The molecule has 2 aromatic heterocycles. The first-order chi connectivity index (χ1) is 18.1. The summed E-state index contributed by atoms with van der Waals surface area (Å²) in [5.41, 5.74) is 5.34. The lowest BCUT2D eigenvalue weighted by Crippen LogP contribution is -2.24. The average Bonchev–Trinajstić information content (AvgIpc) is 3.45. The molecule has 1 amide bonds. The van der Waals surface area contributed by atoms with Gasteiger partial charge in [-0.1, -0.05) is 30.3 Å². The molecule has 8 nitrogen and oxygen atoms in total. The van der Waals surface area contributed by atoms with Crippen LogP contribution in [0.5, 0.6) is 17.2 Å². The summed E-state index contributed by atoms with van der Waals surface area (Å²) in [6.45, 7) is 0.0734. The highest BCUT2D eigenvalue weighted by Gasteiger charge is 2.16. The van der Waals surface area contributed by atoms with Crippen LogP contribution in [0.1, 0.15) is 16.3 Å². The van der Waals surface area contributed by atoms with Gasteiger partial charge in [0, 0.05) is 16.5 Å². The number of imidazole rings is 1. The fourth-order valence-corrected chi connectivity index (χ4v) is 5.33. The van der Waals surface area contributed by atoms with E-state index < -0.39 is 0 Å². The fourth-order valence-electron chi connectivity index (χ4n) is 4.29. The van der Waals surface area contributed by atoms with Crippen LogP contribution < -0.4 is 19.6 Å². The van der Waals surface area contributed by atoms with Crippen LogP contribution >= 0.6 is 11.3 Å². The molecule has 0 saturated heterocycles. The lowest BCUT2D eigenvalue weighted by molar-refractivity contribution is -0.121. The van der Waals surface area contributed by atoms with Crippen molar-refractivity contribution in [3.05, 3.63) is 83.0 Å². The molecule has 0 aliphatic carbocycles. The Balaban J connectivity index is 1.37. The summed E-state index contributed by atoms with van der Waals surface area (Å²) in [6.07, 6.45) is 2.14. The molecule has 9 heteroatoms. The monoisotopic (exact) mass is 514 g/mol. The predicted molar refractivity (Wildman–Crippen MR) is 146 cm³/mol. The molecule has 188 valence electrons. The smallest absolute Gasteiger partial charge is 0.260 e. The molecule has 3 aromatic carbocycles. The van der Waals surface area contributed by atoms with E-state index in [9.17, 15) is 4.79 Å². The molecule has 0 aliphatic heterocycles. The average molecular weight is 515 g/mol. The van der Waals surface area contributed by atoms with E-state index in [4.69, 9.17) is 19.2 Å². The number of benzene rings is 3. The summed E-state index contributed by atoms with van der Waals surface area (Å²) < 4.78 is 19.4. The van der Waals surface area contributed by atoms with Crippen LogP contribution in [0.2, 0.25) is 0 Å². The standard InChI is InChI=1S/C28H26N4O4S/c1-34-22-13-12-18(14-23(22)35-2)15-26-30-20-9-5-6-10-21(20)32(26)17-27(33)31-29-16-25-28(36-3)19-8-4-7-11-24(19)37-25/h4-14,16H,15,17H2,1-3H3,(H,31,33). The van der Waals surface area contributed by atoms with Crippen molar-refractivity contribution in [3.8, 4) is 17.2 Å². The second kappa shape index (κ2) is 10.7. The van der Waals surface area contributed by atoms with Crippen LogP contribution in [0, 0.1) is 0 Å². The van der Waals surface area contributed by atoms with Gasteiger partial charge in [-0.25, -0.2) is 10.4 Å². The Hall–Kier alpha value is -4.37. The summed E-state index contributed by atoms with van der Waals surface area (Å²) in [6, 6.07) is 21.5. The van der Waals surface area contributed by atoms with Crippen molar-refractivity contribution < 1.29 is 19.0 Å². The maximum Gasteiger partial charge on any atom is 0.260 e. The van der Waals surface area contributed by atoms with Crippen LogP contribution in [0.3, 0.4) is 0 Å². The largest absolute Gasteiger partial charge is 0.495 e. The number of carbonyl (C=O) groups excluding carboxylic acids is 1. The number of carbonyl (C=O) groups is 1. The number of ether oxygens (including phenoxy) is 3. The van der Waals surface area contributed by atoms with E-state index in [1.807, 2.05) is 71.3 Å². The van der Waals surface area contributed by atoms with Crippen LogP contribution in [-0.4, -0.2) is 43.0 Å². The van der Waals surface area contributed by atoms with Crippen LogP contribution in [0.15, 0.2) is 71.8 Å². The number of fused-ring (bicyclic) bond motifs is 2. The van der Waals surface area contributed by atoms with Gasteiger partial charge in [-0.15, -0.1) is 11.3 Å². The van der Waals surface area contributed by atoms with E-state index in [1.54, 1.807) is 38.9 Å². The minimum atomic E-state index is -0.256. The molecule has 0 unspecified atom stereocenters. The molecule has 0 atom stereocenters. The van der Waals surface area contributed by atoms with E-state index in [1.165, 1.54) is 0 Å². The van der Waals surface area contributed by atoms with Crippen LogP contribution in [-0.2, 0) is 17.8 Å². The first-order valence-corrected chi connectivity index (χ1v) is 12.5. The van der Waals surface area contributed by atoms with Gasteiger partial charge in [-0.2, -0.15) is 5.10 Å². The van der Waals surface area contributed by atoms with Gasteiger partial charge in [0.05, 0.1) is 43.5 Å². The van der Waals surface area contributed by atoms with Crippen molar-refractivity contribution in [1.29, 1.82) is 0 Å². The maximum absolute atomic E-state index is 12.9. The molecule has 0 saturated carbocycles. The number of methoxy groups -OCH3 is 3. The molecule has 0 aliphatic rings. The molecule has 1 N–H and O–H groups in total. The van der Waals surface area contributed by atoms with Crippen molar-refractivity contribution in [2.75, 3.05) is 21.3 Å². The molecule has 0 fully saturated rings. The van der Waals surface area contributed by atoms with Gasteiger partial charge < -0.3 is 18.8 Å². The lowest BCUT2D eigenvalue weighted by Gasteiger charge is -2.11. The first kappa shape index (κ1) is 24.3. The third-order valence-electron chi connectivity index (χ3n) is 6.00. The number of aromatic nitrogens is 2. The summed E-state index contributed by atoms with van der Waals surface area (Å²) in [7, 11) is 4.85. The quantitative estimate of drug-likeness (QED) is 0.221. The highest BCUT2D eigenvalue weighted by molar-refractivity contribution is 7.21. The van der Waals surface area contributed by atoms with Gasteiger partial charge in [0.2, 0.25) is 0 Å². The molecule has 5 aromatic rings. The Morgan fingerprint density at radius 1 is 1.00 bits per heavy atom. The zero-order valence-electron chi connectivity index (χ0n) is 20.7. The fraction of sp³-hybridized carbons (Fsp3) is 0.179. The molecular formula is C28H26N4O4S. The van der Waals surface area contributed by atoms with Crippen molar-refractivity contribution in [1.82, 2.24) is 15.0 Å². The Morgan fingerprint density at radius 2 is 1.78 bits per heavy atom. The second-order valence-electron chi connectivity index (χ2n) is 8.26. The number of rotatable bonds is 9. The number of nitrogens with one attached hydrogen (secondary N) is 1. The van der Waals surface area contributed by atoms with Crippen molar-refractivity contribution in [2.45, 2.75) is 13.0 Å². The molecular weight excluding hydrogens is 488 g/mol. The zero-order valence-corrected chi connectivity index (χ0v) is 21.5. The Bertz CT molecular complexity index is 1600. The number of hydrazone groups is 1. The van der Waals surface area contributed by atoms with E-state index in [0.29, 0.717) is 17.9 Å². The third-order valence-corrected chi connectivity index (χ3v) is 7.08. The minimum absolute atomic E-state index is 0.0734. The summed E-state index contributed by atoms with van der Waals surface area (Å²) >= 11 is 1.56. The molecule has 2 heterocycles. The van der Waals surface area contributed by atoms with Crippen LogP contribution in [0.25, 0.3) is 21.1 Å². The van der Waals surface area contributed by atoms with Gasteiger partial charge in [-0.3, -0.25) is 4.79 Å². The number of amides is 1. The molecule has 0 spiro atoms. The number of nitrogens with zero attached hydrogens (tertiary/aromatic N) is 3. The number of hydrogen-bond acceptors (Lipinski definition) is 7. The Kier molecular flexibility index (Phi) is 7.04. The van der Waals surface area contributed by atoms with E-state index in [0.717, 1.165) is 43.1 Å². The van der Waals surface area contributed by atoms with Gasteiger partial charge in [-0.05, 0) is 42.0 Å². The summed E-state index contributed by atoms with van der Waals surface area (Å²) in [5.74, 6) is 2.56. The van der Waals surface area contributed by atoms with Gasteiger partial charge in [0.25, 0.3) is 5.91 Å². The lowest BCUT2D eigenvalue weighted by atomic mass is 10.1. The van der Waals surface area contributed by atoms with E-state index in [2.05, 4.69) is 10.5 Å². The van der Waals surface area contributed by atoms with Gasteiger partial charge in [0.1, 0.15) is 18.1 Å². The molecule has 0 bridgehead atoms. The second-order valence-corrected chi connectivity index (χ2v) is 9.34. The first-order valence-electron chi connectivity index (χ1n) is 11.6. The van der Waals surface area contributed by atoms with Gasteiger partial charge >= 0.3 is 0 Å². The highest BCUT2D eigenvalue weighted by Crippen LogP contribution is 2.36. The Labute approximate surface area is 218 Å². The van der Waals surface area contributed by atoms with Crippen molar-refractivity contribution in [2.24, 2.45) is 5.10 Å². The SMILES string of the molecule is COc1ccc(Cc2nc3ccccc3n2CC(=O)NN=Cc2sc3ccccc3c2OC)cc1OC. The topological polar surface area (TPSA) is 87.0 Å². The van der Waals surface area contributed by atoms with Gasteiger partial charge in [0.15, 0.2) is 11.5 Å². The number of hydrogen-bond donors (Lipinski definition) is 1. The third kappa shape index (κ3) is 4.99. The predicted octanol–water partition coefficient (Wildman–Crippen LogP) is 5.02. The zero-order chi connectivity index (χ0) is 25.8. The van der Waals surface area contributed by atoms with Crippen molar-refractivity contribution >= 4 is 44.6 Å². The molecule has 37 heavy (non-hydrogen) atoms. The highest BCUT2D eigenvalue weighted by atomic mass is 32.1. The van der Waals surface area contributed by atoms with E-state index in [-0.39, 0.29) is 12.5 Å². The number of para-hydroxylation sites is 2. The normalized spacial score (nSPS) is 11.3. The summed E-state index contributed by atoms with van der Waals surface area (Å²) in [5, 5.41) is 5.22. The van der Waals surface area contributed by atoms with Crippen molar-refractivity contribution in [3.63, 3.8) is 0 Å². The molecule has 5 rings (SSSR count). The minimum Gasteiger partial charge on any atom is -0.495 e. The van der Waals surface area contributed by atoms with E-state index >= 15 is 0 Å². The Morgan fingerprint density at radius 3 is 2.59 bits per heavy atom. The maximum atomic E-state index is 12.9. The summed E-state index contributed by atoms with van der Waals surface area (Å²) in [4.78, 5) is 18.6. The van der Waals surface area contributed by atoms with Crippen LogP contribution in [0.4, 0.5) is 0 Å². The number of thiophene rings is 1.